The van der Waals surface area contributed by atoms with Crippen molar-refractivity contribution in [2.24, 2.45) is 0 Å². The molecule has 7 heteroatoms. The van der Waals surface area contributed by atoms with Gasteiger partial charge in [-0.25, -0.2) is 8.78 Å². The molecule has 0 spiro atoms. The average Bonchev–Trinajstić information content (AvgIpc) is 2.18. The molecule has 0 aromatic heterocycles. The molecule has 0 bridgehead atoms. The van der Waals surface area contributed by atoms with Crippen LogP contribution >= 0.6 is 0 Å². The number of alkyl halides is 4. The first-order valence-corrected chi connectivity index (χ1v) is 4.62. The van der Waals surface area contributed by atoms with E-state index in [0.29, 0.717) is 13.0 Å². The Hall–Kier alpha value is -0.850. The fraction of sp³-hybridized carbons (Fsp3) is 0.875. The summed E-state index contributed by atoms with van der Waals surface area (Å²) in [4.78, 5) is 10.8. The van der Waals surface area contributed by atoms with Gasteiger partial charge in [0.15, 0.2) is 0 Å². The van der Waals surface area contributed by atoms with Gasteiger partial charge in [0.05, 0.1) is 0 Å². The van der Waals surface area contributed by atoms with Crippen LogP contribution in [0.15, 0.2) is 0 Å². The zero-order valence-corrected chi connectivity index (χ0v) is 7.90. The smallest absolute Gasteiger partial charge is 0.347 e. The lowest BCUT2D eigenvalue weighted by molar-refractivity contribution is -0.170. The average molecular weight is 228 g/mol. The molecule has 3 nitrogen and oxygen atoms in total. The molecule has 0 unspecified atom stereocenters. The SMILES string of the molecule is O=C(N[C@H]1CCCNC1)C(F)(F)C(F)F. The van der Waals surface area contributed by atoms with Crippen molar-refractivity contribution < 1.29 is 22.4 Å². The Balaban J connectivity index is 2.46. The number of carbonyl (C=O) groups is 1. The van der Waals surface area contributed by atoms with Crippen LogP contribution in [-0.2, 0) is 4.79 Å². The molecule has 15 heavy (non-hydrogen) atoms. The number of halogens is 4. The van der Waals surface area contributed by atoms with Crippen molar-refractivity contribution in [3.63, 3.8) is 0 Å². The van der Waals surface area contributed by atoms with Gasteiger partial charge in [-0.2, -0.15) is 8.78 Å². The van der Waals surface area contributed by atoms with Gasteiger partial charge in [-0.3, -0.25) is 4.79 Å². The van der Waals surface area contributed by atoms with Gasteiger partial charge in [-0.05, 0) is 19.4 Å². The molecule has 1 atom stereocenters. The zero-order valence-electron chi connectivity index (χ0n) is 7.90. The minimum absolute atomic E-state index is 0.338. The van der Waals surface area contributed by atoms with Crippen LogP contribution in [0.5, 0.6) is 0 Å². The van der Waals surface area contributed by atoms with Gasteiger partial charge < -0.3 is 10.6 Å². The molecular weight excluding hydrogens is 216 g/mol. The van der Waals surface area contributed by atoms with Crippen LogP contribution in [0, 0.1) is 0 Å². The molecule has 2 N–H and O–H groups in total. The topological polar surface area (TPSA) is 41.1 Å². The highest BCUT2D eigenvalue weighted by atomic mass is 19.3. The van der Waals surface area contributed by atoms with Gasteiger partial charge in [-0.15, -0.1) is 0 Å². The molecule has 1 fully saturated rings. The van der Waals surface area contributed by atoms with Gasteiger partial charge in [0.2, 0.25) is 0 Å². The number of carbonyl (C=O) groups excluding carboxylic acids is 1. The first kappa shape index (κ1) is 12.2. The third kappa shape index (κ3) is 3.05. The lowest BCUT2D eigenvalue weighted by atomic mass is 10.1. The van der Waals surface area contributed by atoms with Crippen LogP contribution < -0.4 is 10.6 Å². The number of rotatable bonds is 3. The summed E-state index contributed by atoms with van der Waals surface area (Å²) < 4.78 is 48.6. The highest BCUT2D eigenvalue weighted by molar-refractivity contribution is 5.84. The van der Waals surface area contributed by atoms with E-state index in [9.17, 15) is 22.4 Å². The first-order chi connectivity index (χ1) is 6.94. The van der Waals surface area contributed by atoms with Crippen LogP contribution in [-0.4, -0.2) is 37.4 Å². The molecule has 0 aromatic carbocycles. The number of amides is 1. The summed E-state index contributed by atoms with van der Waals surface area (Å²) in [6.45, 7) is 1.09. The van der Waals surface area contributed by atoms with Gasteiger partial charge in [0.1, 0.15) is 0 Å². The molecule has 0 saturated carbocycles. The molecule has 0 aromatic rings. The number of hydrogen-bond donors (Lipinski definition) is 2. The highest BCUT2D eigenvalue weighted by Crippen LogP contribution is 2.23. The number of hydrogen-bond acceptors (Lipinski definition) is 2. The lowest BCUT2D eigenvalue weighted by Crippen LogP contribution is -2.53. The first-order valence-electron chi connectivity index (χ1n) is 4.62. The molecular formula is C8H12F4N2O. The molecule has 1 rings (SSSR count). The minimum Gasteiger partial charge on any atom is -0.347 e. The van der Waals surface area contributed by atoms with Gasteiger partial charge in [-0.1, -0.05) is 0 Å². The van der Waals surface area contributed by atoms with Crippen LogP contribution in [0.2, 0.25) is 0 Å². The third-order valence-corrected chi connectivity index (χ3v) is 2.21. The molecule has 1 saturated heterocycles. The quantitative estimate of drug-likeness (QED) is 0.700. The number of piperidine rings is 1. The van der Waals surface area contributed by atoms with Crippen molar-refractivity contribution in [2.75, 3.05) is 13.1 Å². The standard InChI is InChI=1S/C8H12F4N2O/c9-6(10)8(11,12)7(15)14-5-2-1-3-13-4-5/h5-6,13H,1-4H2,(H,14,15)/t5-/m0/s1. The van der Waals surface area contributed by atoms with E-state index < -0.39 is 24.3 Å². The second-order valence-corrected chi connectivity index (χ2v) is 3.44. The van der Waals surface area contributed by atoms with E-state index in [1.807, 2.05) is 5.32 Å². The van der Waals surface area contributed by atoms with E-state index in [-0.39, 0.29) is 0 Å². The summed E-state index contributed by atoms with van der Waals surface area (Å²) in [5, 5.41) is 4.78. The normalized spacial score (nSPS) is 22.9. The van der Waals surface area contributed by atoms with Crippen molar-refractivity contribution >= 4 is 5.91 Å². The van der Waals surface area contributed by atoms with Gasteiger partial charge in [0.25, 0.3) is 5.91 Å². The molecule has 1 amide bonds. The summed E-state index contributed by atoms with van der Waals surface area (Å²) in [6, 6.07) is -0.490. The lowest BCUT2D eigenvalue weighted by Gasteiger charge is -2.25. The maximum absolute atomic E-state index is 12.5. The Morgan fingerprint density at radius 2 is 2.13 bits per heavy atom. The second kappa shape index (κ2) is 4.78. The van der Waals surface area contributed by atoms with Gasteiger partial charge in [0, 0.05) is 12.6 Å². The monoisotopic (exact) mass is 228 g/mol. The molecule has 88 valence electrons. The Kier molecular flexibility index (Phi) is 3.90. The Morgan fingerprint density at radius 1 is 1.47 bits per heavy atom. The van der Waals surface area contributed by atoms with Crippen molar-refractivity contribution in [1.82, 2.24) is 10.6 Å². The summed E-state index contributed by atoms with van der Waals surface area (Å²) in [6.07, 6.45) is -2.71. The number of nitrogens with one attached hydrogen (secondary N) is 2. The highest BCUT2D eigenvalue weighted by Gasteiger charge is 2.49. The molecule has 1 heterocycles. The van der Waals surface area contributed by atoms with Crippen molar-refractivity contribution in [1.29, 1.82) is 0 Å². The maximum atomic E-state index is 12.5. The third-order valence-electron chi connectivity index (χ3n) is 2.21. The van der Waals surface area contributed by atoms with Crippen LogP contribution in [0.25, 0.3) is 0 Å². The predicted octanol–water partition coefficient (Wildman–Crippen LogP) is 0.755. The second-order valence-electron chi connectivity index (χ2n) is 3.44. The molecule has 0 aliphatic carbocycles. The Bertz CT molecular complexity index is 229. The fourth-order valence-electron chi connectivity index (χ4n) is 1.36. The summed E-state index contributed by atoms with van der Waals surface area (Å²) in [5.41, 5.74) is 0. The fourth-order valence-corrected chi connectivity index (χ4v) is 1.36. The molecule has 1 aliphatic heterocycles. The van der Waals surface area contributed by atoms with Gasteiger partial charge >= 0.3 is 12.3 Å². The molecule has 1 aliphatic rings. The van der Waals surface area contributed by atoms with Crippen LogP contribution in [0.1, 0.15) is 12.8 Å². The van der Waals surface area contributed by atoms with E-state index in [4.69, 9.17) is 0 Å². The van der Waals surface area contributed by atoms with E-state index >= 15 is 0 Å². The van der Waals surface area contributed by atoms with Crippen molar-refractivity contribution in [2.45, 2.75) is 31.2 Å². The van der Waals surface area contributed by atoms with Crippen molar-refractivity contribution in [3.8, 4) is 0 Å². The summed E-state index contributed by atoms with van der Waals surface area (Å²) >= 11 is 0. The largest absolute Gasteiger partial charge is 0.383 e. The van der Waals surface area contributed by atoms with E-state index in [2.05, 4.69) is 5.32 Å². The maximum Gasteiger partial charge on any atom is 0.383 e. The van der Waals surface area contributed by atoms with E-state index in [0.717, 1.165) is 13.0 Å². The van der Waals surface area contributed by atoms with E-state index in [1.165, 1.54) is 0 Å². The molecule has 0 radical (unpaired) electrons. The minimum atomic E-state index is -4.60. The van der Waals surface area contributed by atoms with Crippen LogP contribution in [0.3, 0.4) is 0 Å². The zero-order chi connectivity index (χ0) is 11.5. The van der Waals surface area contributed by atoms with E-state index in [1.54, 1.807) is 0 Å². The van der Waals surface area contributed by atoms with Crippen LogP contribution in [0.4, 0.5) is 17.6 Å². The Labute approximate surface area is 84.2 Å². The summed E-state index contributed by atoms with van der Waals surface area (Å²) in [5.74, 6) is -6.50. The summed E-state index contributed by atoms with van der Waals surface area (Å²) in [7, 11) is 0. The Morgan fingerprint density at radius 3 is 2.60 bits per heavy atom. The van der Waals surface area contributed by atoms with Crippen molar-refractivity contribution in [3.05, 3.63) is 0 Å². The predicted molar refractivity (Wildman–Crippen MR) is 45.0 cm³/mol.